The molecule has 0 radical (unpaired) electrons. The molecule has 0 atom stereocenters. The largest absolute Gasteiger partial charge is 0.465 e. The van der Waals surface area contributed by atoms with Crippen LogP contribution in [0.5, 0.6) is 0 Å². The number of carbonyl (C=O) groups excluding carboxylic acids is 3. The van der Waals surface area contributed by atoms with E-state index in [-0.39, 0.29) is 17.1 Å². The van der Waals surface area contributed by atoms with Gasteiger partial charge in [0.25, 0.3) is 0 Å². The van der Waals surface area contributed by atoms with E-state index in [0.29, 0.717) is 15.7 Å². The molecule has 0 fully saturated rings. The van der Waals surface area contributed by atoms with Gasteiger partial charge >= 0.3 is 11.9 Å². The number of esters is 2. The van der Waals surface area contributed by atoms with Crippen molar-refractivity contribution in [1.29, 1.82) is 0 Å². The summed E-state index contributed by atoms with van der Waals surface area (Å²) in [7, 11) is 2.44. The number of methoxy groups -OCH3 is 2. The van der Waals surface area contributed by atoms with Crippen LogP contribution in [-0.4, -0.2) is 31.9 Å². The molecule has 0 saturated carbocycles. The number of allylic oxidation sites excluding steroid dienone is 2. The average molecular weight is 406 g/mol. The molecule has 0 aliphatic carbocycles. The van der Waals surface area contributed by atoms with Crippen LogP contribution in [0.15, 0.2) is 58.4 Å². The second-order valence-corrected chi connectivity index (χ2v) is 5.86. The summed E-state index contributed by atoms with van der Waals surface area (Å²) in [6.07, 6.45) is 6.27. The van der Waals surface area contributed by atoms with E-state index in [1.807, 2.05) is 0 Å². The Morgan fingerprint density at radius 3 is 2.32 bits per heavy atom. The summed E-state index contributed by atoms with van der Waals surface area (Å²) in [5, 5.41) is 0. The third-order valence-electron chi connectivity index (χ3n) is 3.50. The number of hydrogen-bond acceptors (Lipinski definition) is 6. The van der Waals surface area contributed by atoms with Crippen molar-refractivity contribution < 1.29 is 23.9 Å². The quantitative estimate of drug-likeness (QED) is 0.565. The van der Waals surface area contributed by atoms with Gasteiger partial charge in [-0.2, -0.15) is 0 Å². The lowest BCUT2D eigenvalue weighted by molar-refractivity contribution is -0.139. The van der Waals surface area contributed by atoms with E-state index in [4.69, 9.17) is 9.47 Å². The molecule has 2 rings (SSSR count). The van der Waals surface area contributed by atoms with Gasteiger partial charge in [-0.3, -0.25) is 4.79 Å². The number of anilines is 1. The first-order chi connectivity index (χ1) is 11.9. The topological polar surface area (TPSA) is 72.9 Å². The van der Waals surface area contributed by atoms with Crippen molar-refractivity contribution >= 4 is 39.3 Å². The van der Waals surface area contributed by atoms with Crippen LogP contribution in [0, 0.1) is 0 Å². The fraction of sp³-hybridized carbons (Fsp3) is 0.167. The van der Waals surface area contributed by atoms with E-state index in [1.165, 1.54) is 32.1 Å². The molecule has 1 aliphatic heterocycles. The number of hydrogen-bond donors (Lipinski definition) is 0. The zero-order valence-corrected chi connectivity index (χ0v) is 15.5. The molecule has 6 nitrogen and oxygen atoms in total. The summed E-state index contributed by atoms with van der Waals surface area (Å²) in [6.45, 7) is 1.42. The lowest BCUT2D eigenvalue weighted by atomic mass is 10.1. The zero-order chi connectivity index (χ0) is 18.6. The number of Topliss-reactive ketones (excluding diaryl/α,β-unsaturated/α-hetero) is 1. The second-order valence-electron chi connectivity index (χ2n) is 5.01. The average Bonchev–Trinajstić information content (AvgIpc) is 2.82. The Hall–Kier alpha value is -2.67. The number of benzene rings is 1. The molecule has 1 aromatic carbocycles. The molecule has 0 amide bonds. The molecule has 1 aromatic rings. The number of ether oxygens (including phenoxy) is 2. The Kier molecular flexibility index (Phi) is 5.93. The fourth-order valence-corrected chi connectivity index (χ4v) is 2.94. The number of nitrogens with zero attached hydrogens (tertiary/aromatic N) is 1. The van der Waals surface area contributed by atoms with Gasteiger partial charge < -0.3 is 14.4 Å². The molecular formula is C18H16BrNO5. The molecule has 1 heterocycles. The summed E-state index contributed by atoms with van der Waals surface area (Å²) in [5.41, 5.74) is 0.779. The van der Waals surface area contributed by atoms with Gasteiger partial charge in [-0.15, -0.1) is 0 Å². The molecule has 0 unspecified atom stereocenters. The molecule has 7 heteroatoms. The molecule has 0 saturated heterocycles. The second kappa shape index (κ2) is 7.94. The molecule has 0 bridgehead atoms. The maximum absolute atomic E-state index is 12.4. The van der Waals surface area contributed by atoms with Crippen molar-refractivity contribution in [1.82, 2.24) is 0 Å². The minimum Gasteiger partial charge on any atom is -0.465 e. The van der Waals surface area contributed by atoms with Gasteiger partial charge in [0.1, 0.15) is 5.70 Å². The highest BCUT2D eigenvalue weighted by atomic mass is 79.9. The summed E-state index contributed by atoms with van der Waals surface area (Å²) >= 11 is 3.41. The van der Waals surface area contributed by atoms with Gasteiger partial charge in [0, 0.05) is 16.2 Å². The van der Waals surface area contributed by atoms with Crippen LogP contribution in [0.1, 0.15) is 17.3 Å². The highest BCUT2D eigenvalue weighted by molar-refractivity contribution is 9.10. The van der Waals surface area contributed by atoms with Crippen molar-refractivity contribution in [3.63, 3.8) is 0 Å². The van der Waals surface area contributed by atoms with Gasteiger partial charge in [-0.1, -0.05) is 12.1 Å². The predicted octanol–water partition coefficient (Wildman–Crippen LogP) is 3.14. The van der Waals surface area contributed by atoms with Gasteiger partial charge in [0.05, 0.1) is 25.5 Å². The maximum Gasteiger partial charge on any atom is 0.355 e. The first-order valence-corrected chi connectivity index (χ1v) is 8.06. The zero-order valence-electron chi connectivity index (χ0n) is 13.9. The molecule has 25 heavy (non-hydrogen) atoms. The highest BCUT2D eigenvalue weighted by Gasteiger charge is 2.30. The Labute approximate surface area is 153 Å². The minimum atomic E-state index is -0.734. The minimum absolute atomic E-state index is 0.0182. The van der Waals surface area contributed by atoms with Crippen molar-refractivity contribution in [3.05, 3.63) is 63.9 Å². The lowest BCUT2D eigenvalue weighted by Crippen LogP contribution is -2.28. The van der Waals surface area contributed by atoms with Gasteiger partial charge in [-0.25, -0.2) is 9.59 Å². The number of ketones is 1. The van der Waals surface area contributed by atoms with Crippen LogP contribution in [0.25, 0.3) is 0 Å². The van der Waals surface area contributed by atoms with Crippen molar-refractivity contribution in [2.75, 3.05) is 19.1 Å². The molecule has 130 valence electrons. The SMILES string of the molecule is COC(=O)C1=C(C(=O)OC)N(c2c(Br)cccc2C(C)=O)C=CC=C1. The molecule has 0 aromatic heterocycles. The summed E-state index contributed by atoms with van der Waals surface area (Å²) in [4.78, 5) is 38.1. The molecular weight excluding hydrogens is 390 g/mol. The fourth-order valence-electron chi connectivity index (χ4n) is 2.38. The van der Waals surface area contributed by atoms with E-state index >= 15 is 0 Å². The summed E-state index contributed by atoms with van der Waals surface area (Å²) < 4.78 is 10.2. The Balaban J connectivity index is 2.81. The maximum atomic E-state index is 12.4. The third kappa shape index (κ3) is 3.71. The van der Waals surface area contributed by atoms with Crippen LogP contribution in [0.4, 0.5) is 5.69 Å². The Morgan fingerprint density at radius 1 is 1.04 bits per heavy atom. The van der Waals surface area contributed by atoms with Crippen molar-refractivity contribution in [2.24, 2.45) is 0 Å². The van der Waals surface area contributed by atoms with E-state index in [0.717, 1.165) is 0 Å². The van der Waals surface area contributed by atoms with E-state index in [9.17, 15) is 14.4 Å². The van der Waals surface area contributed by atoms with Gasteiger partial charge in [0.2, 0.25) is 0 Å². The monoisotopic (exact) mass is 405 g/mol. The van der Waals surface area contributed by atoms with E-state index in [1.54, 1.807) is 36.6 Å². The molecule has 1 aliphatic rings. The van der Waals surface area contributed by atoms with Gasteiger partial charge in [0.15, 0.2) is 5.78 Å². The smallest absolute Gasteiger partial charge is 0.355 e. The number of halogens is 1. The Bertz CT molecular complexity index is 823. The summed E-state index contributed by atoms with van der Waals surface area (Å²) in [5.74, 6) is -1.62. The summed E-state index contributed by atoms with van der Waals surface area (Å²) in [6, 6.07) is 5.09. The molecule has 0 spiro atoms. The standard InChI is InChI=1S/C18H16BrNO5/c1-11(21)12-8-6-9-14(19)15(12)20-10-5-4-7-13(17(22)24-2)16(20)18(23)25-3/h4-10H,1-3H3. The first kappa shape index (κ1) is 18.7. The van der Waals surface area contributed by atoms with E-state index in [2.05, 4.69) is 15.9 Å². The number of para-hydroxylation sites is 1. The van der Waals surface area contributed by atoms with Crippen LogP contribution in [0.2, 0.25) is 0 Å². The van der Waals surface area contributed by atoms with Gasteiger partial charge in [-0.05, 0) is 47.1 Å². The van der Waals surface area contributed by atoms with E-state index < -0.39 is 11.9 Å². The number of rotatable bonds is 4. The third-order valence-corrected chi connectivity index (χ3v) is 4.14. The first-order valence-electron chi connectivity index (χ1n) is 7.26. The van der Waals surface area contributed by atoms with Crippen LogP contribution in [0.3, 0.4) is 0 Å². The highest BCUT2D eigenvalue weighted by Crippen LogP contribution is 2.35. The number of carbonyl (C=O) groups is 3. The molecule has 0 N–H and O–H groups in total. The lowest BCUT2D eigenvalue weighted by Gasteiger charge is -2.25. The normalized spacial score (nSPS) is 13.5. The van der Waals surface area contributed by atoms with Crippen LogP contribution >= 0.6 is 15.9 Å². The predicted molar refractivity (Wildman–Crippen MR) is 96.0 cm³/mol. The van der Waals surface area contributed by atoms with Crippen LogP contribution < -0.4 is 4.90 Å². The van der Waals surface area contributed by atoms with Crippen LogP contribution in [-0.2, 0) is 19.1 Å². The van der Waals surface area contributed by atoms with Crippen molar-refractivity contribution in [2.45, 2.75) is 6.92 Å². The van der Waals surface area contributed by atoms with Crippen molar-refractivity contribution in [3.8, 4) is 0 Å². The Morgan fingerprint density at radius 2 is 1.72 bits per heavy atom.